The van der Waals surface area contributed by atoms with Gasteiger partial charge in [0.25, 0.3) is 0 Å². The van der Waals surface area contributed by atoms with Gasteiger partial charge in [0, 0.05) is 34.0 Å². The van der Waals surface area contributed by atoms with Crippen LogP contribution in [0.2, 0.25) is 0 Å². The summed E-state index contributed by atoms with van der Waals surface area (Å²) in [5.41, 5.74) is 8.87. The Labute approximate surface area is 136 Å². The lowest BCUT2D eigenvalue weighted by Crippen LogP contribution is -2.13. The minimum Gasteiger partial charge on any atom is -0.389 e. The van der Waals surface area contributed by atoms with Crippen LogP contribution in [-0.2, 0) is 4.79 Å². The van der Waals surface area contributed by atoms with Gasteiger partial charge in [-0.3, -0.25) is 4.79 Å². The van der Waals surface area contributed by atoms with Crippen LogP contribution in [0.4, 0.5) is 17.1 Å². The average Bonchev–Trinajstić information content (AvgIpc) is 2.37. The molecule has 0 bridgehead atoms. The number of rotatable bonds is 4. The predicted molar refractivity (Wildman–Crippen MR) is 94.1 cm³/mol. The van der Waals surface area contributed by atoms with Crippen molar-refractivity contribution in [3.05, 3.63) is 52.5 Å². The number of hydrogen-bond donors (Lipinski definition) is 3. The molecule has 0 saturated carbocycles. The first-order valence-corrected chi connectivity index (χ1v) is 7.40. The molecular weight excluding hydrogens is 350 g/mol. The normalized spacial score (nSPS) is 10.0. The third kappa shape index (κ3) is 4.03. The fraction of sp³-hybridized carbons (Fsp3) is 0.0667. The van der Waals surface area contributed by atoms with Crippen molar-refractivity contribution in [2.45, 2.75) is 6.92 Å². The molecule has 0 aliphatic heterocycles. The third-order valence-electron chi connectivity index (χ3n) is 2.72. The number of halogens is 1. The van der Waals surface area contributed by atoms with Crippen molar-refractivity contribution < 1.29 is 4.79 Å². The summed E-state index contributed by atoms with van der Waals surface area (Å²) in [6.07, 6.45) is 0. The molecule has 0 unspecified atom stereocenters. The highest BCUT2D eigenvalue weighted by Crippen LogP contribution is 2.28. The first-order chi connectivity index (χ1) is 9.97. The van der Waals surface area contributed by atoms with Gasteiger partial charge in [-0.05, 0) is 46.3 Å². The Morgan fingerprint density at radius 3 is 2.52 bits per heavy atom. The number of benzene rings is 2. The van der Waals surface area contributed by atoms with Crippen molar-refractivity contribution in [1.82, 2.24) is 0 Å². The highest BCUT2D eigenvalue weighted by atomic mass is 79.9. The Morgan fingerprint density at radius 2 is 1.86 bits per heavy atom. The van der Waals surface area contributed by atoms with E-state index in [9.17, 15) is 4.79 Å². The third-order valence-corrected chi connectivity index (χ3v) is 3.59. The van der Waals surface area contributed by atoms with E-state index in [1.54, 1.807) is 0 Å². The largest absolute Gasteiger partial charge is 0.389 e. The number of hydrogen-bond acceptors (Lipinski definition) is 3. The first kappa shape index (κ1) is 15.5. The second kappa shape index (κ2) is 6.69. The van der Waals surface area contributed by atoms with Crippen molar-refractivity contribution in [3.8, 4) is 0 Å². The van der Waals surface area contributed by atoms with Crippen molar-refractivity contribution in [3.63, 3.8) is 0 Å². The molecule has 2 rings (SSSR count). The van der Waals surface area contributed by atoms with Crippen LogP contribution in [-0.4, -0.2) is 10.9 Å². The Kier molecular flexibility index (Phi) is 4.93. The molecule has 6 heteroatoms. The van der Waals surface area contributed by atoms with Gasteiger partial charge < -0.3 is 16.4 Å². The van der Waals surface area contributed by atoms with E-state index in [4.69, 9.17) is 18.0 Å². The van der Waals surface area contributed by atoms with Crippen molar-refractivity contribution in [2.75, 3.05) is 10.6 Å². The van der Waals surface area contributed by atoms with Gasteiger partial charge in [-0.15, -0.1) is 0 Å². The fourth-order valence-electron chi connectivity index (χ4n) is 1.91. The zero-order valence-electron chi connectivity index (χ0n) is 11.3. The summed E-state index contributed by atoms with van der Waals surface area (Å²) in [5.74, 6) is -0.113. The summed E-state index contributed by atoms with van der Waals surface area (Å²) in [4.78, 5) is 11.4. The summed E-state index contributed by atoms with van der Waals surface area (Å²) in [6, 6.07) is 13.1. The molecule has 4 N–H and O–H groups in total. The van der Waals surface area contributed by atoms with Gasteiger partial charge in [0.05, 0.1) is 0 Å². The first-order valence-electron chi connectivity index (χ1n) is 6.20. The fourth-order valence-corrected chi connectivity index (χ4v) is 2.84. The summed E-state index contributed by atoms with van der Waals surface area (Å²) in [5, 5.41) is 6.00. The van der Waals surface area contributed by atoms with Crippen LogP contribution in [0.25, 0.3) is 0 Å². The molecule has 0 atom stereocenters. The molecule has 0 fully saturated rings. The van der Waals surface area contributed by atoms with Crippen LogP contribution in [0.5, 0.6) is 0 Å². The standard InChI is InChI=1S/C15H14BrN3OS/c1-9(20)18-10-4-2-5-11(8-10)19-13-7-3-6-12(16)14(13)15(17)21/h2-8,19H,1H3,(H2,17,21)(H,18,20). The number of amides is 1. The van der Waals surface area contributed by atoms with Crippen molar-refractivity contribution >= 4 is 56.1 Å². The van der Waals surface area contributed by atoms with Crippen LogP contribution >= 0.6 is 28.1 Å². The van der Waals surface area contributed by atoms with E-state index >= 15 is 0 Å². The van der Waals surface area contributed by atoms with E-state index in [1.165, 1.54) is 6.92 Å². The maximum atomic E-state index is 11.1. The number of carbonyl (C=O) groups is 1. The van der Waals surface area contributed by atoms with E-state index < -0.39 is 0 Å². The molecule has 2 aromatic carbocycles. The molecule has 0 saturated heterocycles. The molecular formula is C15H14BrN3OS. The topological polar surface area (TPSA) is 67.2 Å². The summed E-state index contributed by atoms with van der Waals surface area (Å²) < 4.78 is 0.831. The van der Waals surface area contributed by atoms with Gasteiger partial charge >= 0.3 is 0 Å². The number of thiocarbonyl (C=S) groups is 1. The molecule has 0 aliphatic rings. The second-order valence-corrected chi connectivity index (χ2v) is 5.71. The molecule has 0 aromatic heterocycles. The van der Waals surface area contributed by atoms with E-state index in [2.05, 4.69) is 26.6 Å². The molecule has 108 valence electrons. The number of nitrogens with one attached hydrogen (secondary N) is 2. The summed E-state index contributed by atoms with van der Waals surface area (Å²) >= 11 is 8.53. The molecule has 0 spiro atoms. The Bertz CT molecular complexity index is 703. The molecule has 0 heterocycles. The maximum absolute atomic E-state index is 11.1. The van der Waals surface area contributed by atoms with Crippen LogP contribution in [0.3, 0.4) is 0 Å². The van der Waals surface area contributed by atoms with Crippen LogP contribution in [0, 0.1) is 0 Å². The Morgan fingerprint density at radius 1 is 1.19 bits per heavy atom. The van der Waals surface area contributed by atoms with Gasteiger partial charge in [0.2, 0.25) is 5.91 Å². The molecule has 0 aliphatic carbocycles. The Hall–Kier alpha value is -1.92. The molecule has 4 nitrogen and oxygen atoms in total. The van der Waals surface area contributed by atoms with Gasteiger partial charge in [0.15, 0.2) is 0 Å². The second-order valence-electron chi connectivity index (χ2n) is 4.41. The van der Waals surface area contributed by atoms with Gasteiger partial charge in [-0.25, -0.2) is 0 Å². The lowest BCUT2D eigenvalue weighted by atomic mass is 10.1. The van der Waals surface area contributed by atoms with Crippen LogP contribution in [0.1, 0.15) is 12.5 Å². The highest BCUT2D eigenvalue weighted by Gasteiger charge is 2.09. The minimum atomic E-state index is -0.113. The smallest absolute Gasteiger partial charge is 0.221 e. The van der Waals surface area contributed by atoms with Crippen LogP contribution in [0.15, 0.2) is 46.9 Å². The average molecular weight is 364 g/mol. The number of nitrogens with two attached hydrogens (primary N) is 1. The van der Waals surface area contributed by atoms with Gasteiger partial charge in [-0.2, -0.15) is 0 Å². The minimum absolute atomic E-state index is 0.113. The molecule has 21 heavy (non-hydrogen) atoms. The van der Waals surface area contributed by atoms with E-state index in [0.29, 0.717) is 4.99 Å². The zero-order chi connectivity index (χ0) is 15.4. The molecule has 1 amide bonds. The molecule has 0 radical (unpaired) electrons. The van der Waals surface area contributed by atoms with Crippen LogP contribution < -0.4 is 16.4 Å². The van der Waals surface area contributed by atoms with Gasteiger partial charge in [0.1, 0.15) is 4.99 Å². The molecule has 2 aromatic rings. The highest BCUT2D eigenvalue weighted by molar-refractivity contribution is 9.10. The lowest BCUT2D eigenvalue weighted by Gasteiger charge is -2.13. The van der Waals surface area contributed by atoms with E-state index in [-0.39, 0.29) is 5.91 Å². The van der Waals surface area contributed by atoms with E-state index in [0.717, 1.165) is 27.1 Å². The summed E-state index contributed by atoms with van der Waals surface area (Å²) in [7, 11) is 0. The van der Waals surface area contributed by atoms with Gasteiger partial charge in [-0.1, -0.05) is 24.4 Å². The zero-order valence-corrected chi connectivity index (χ0v) is 13.7. The predicted octanol–water partition coefficient (Wildman–Crippen LogP) is 3.79. The monoisotopic (exact) mass is 363 g/mol. The number of anilines is 3. The van der Waals surface area contributed by atoms with Crippen molar-refractivity contribution in [1.29, 1.82) is 0 Å². The maximum Gasteiger partial charge on any atom is 0.221 e. The van der Waals surface area contributed by atoms with E-state index in [1.807, 2.05) is 42.5 Å². The van der Waals surface area contributed by atoms with Crippen molar-refractivity contribution in [2.24, 2.45) is 5.73 Å². The quantitative estimate of drug-likeness (QED) is 0.723. The number of carbonyl (C=O) groups excluding carboxylic acids is 1. The SMILES string of the molecule is CC(=O)Nc1cccc(Nc2cccc(Br)c2C(N)=S)c1. The Balaban J connectivity index is 2.32. The lowest BCUT2D eigenvalue weighted by molar-refractivity contribution is -0.114. The summed E-state index contributed by atoms with van der Waals surface area (Å²) in [6.45, 7) is 1.47.